The first-order valence-corrected chi connectivity index (χ1v) is 8.41. The minimum absolute atomic E-state index is 0.000117. The number of aromatic nitrogens is 4. The Labute approximate surface area is 145 Å². The van der Waals surface area contributed by atoms with Gasteiger partial charge in [0.15, 0.2) is 0 Å². The molecule has 1 N–H and O–H groups in total. The van der Waals surface area contributed by atoms with Crippen LogP contribution in [0.25, 0.3) is 0 Å². The summed E-state index contributed by atoms with van der Waals surface area (Å²) in [5, 5.41) is 3.09. The molecular formula is C17H20N6O2. The third-order valence-electron chi connectivity index (χ3n) is 4.86. The van der Waals surface area contributed by atoms with E-state index >= 15 is 0 Å². The van der Waals surface area contributed by atoms with Crippen LogP contribution < -0.4 is 5.32 Å². The van der Waals surface area contributed by atoms with Gasteiger partial charge in [0, 0.05) is 68.6 Å². The lowest BCUT2D eigenvalue weighted by atomic mass is 9.73. The molecule has 0 unspecified atom stereocenters. The van der Waals surface area contributed by atoms with Gasteiger partial charge in [-0.15, -0.1) is 0 Å². The number of carbonyl (C=O) groups is 1. The minimum Gasteiger partial charge on any atom is -0.381 e. The van der Waals surface area contributed by atoms with Crippen molar-refractivity contribution < 1.29 is 9.53 Å². The van der Waals surface area contributed by atoms with Crippen LogP contribution in [0, 0.1) is 5.41 Å². The first-order valence-electron chi connectivity index (χ1n) is 8.41. The van der Waals surface area contributed by atoms with E-state index < -0.39 is 0 Å². The van der Waals surface area contributed by atoms with Gasteiger partial charge in [-0.3, -0.25) is 4.79 Å². The Kier molecular flexibility index (Phi) is 4.27. The van der Waals surface area contributed by atoms with Crippen LogP contribution in [0.3, 0.4) is 0 Å². The summed E-state index contributed by atoms with van der Waals surface area (Å²) in [4.78, 5) is 30.8. The average Bonchev–Trinajstić information content (AvgIpc) is 2.66. The van der Waals surface area contributed by atoms with Crippen molar-refractivity contribution in [3.8, 4) is 0 Å². The number of ether oxygens (including phenoxy) is 1. The third-order valence-corrected chi connectivity index (χ3v) is 4.86. The molecule has 1 amide bonds. The van der Waals surface area contributed by atoms with E-state index in [1.165, 1.54) is 6.33 Å². The summed E-state index contributed by atoms with van der Waals surface area (Å²) < 4.78 is 5.41. The molecule has 0 bridgehead atoms. The molecule has 0 saturated carbocycles. The highest BCUT2D eigenvalue weighted by molar-refractivity contribution is 5.94. The zero-order valence-corrected chi connectivity index (χ0v) is 13.9. The highest BCUT2D eigenvalue weighted by Gasteiger charge is 2.45. The van der Waals surface area contributed by atoms with Crippen molar-refractivity contribution in [2.24, 2.45) is 5.41 Å². The van der Waals surface area contributed by atoms with Crippen LogP contribution in [0.2, 0.25) is 0 Å². The molecule has 8 heteroatoms. The number of hydrogen-bond donors (Lipinski definition) is 1. The number of likely N-dealkylation sites (tertiary alicyclic amines) is 1. The molecule has 1 spiro atoms. The van der Waals surface area contributed by atoms with Crippen LogP contribution in [0.4, 0.5) is 5.95 Å². The lowest BCUT2D eigenvalue weighted by Crippen LogP contribution is -2.60. The highest BCUT2D eigenvalue weighted by Crippen LogP contribution is 2.40. The number of anilines is 1. The molecule has 2 aromatic rings. The van der Waals surface area contributed by atoms with E-state index in [0.29, 0.717) is 18.1 Å². The van der Waals surface area contributed by atoms with Crippen LogP contribution in [-0.2, 0) is 11.3 Å². The van der Waals surface area contributed by atoms with E-state index in [1.54, 1.807) is 24.8 Å². The monoisotopic (exact) mass is 340 g/mol. The zero-order chi connectivity index (χ0) is 17.1. The fraction of sp³-hybridized carbons (Fsp3) is 0.471. The number of carbonyl (C=O) groups excluding carboxylic acids is 1. The van der Waals surface area contributed by atoms with E-state index in [0.717, 1.165) is 44.7 Å². The summed E-state index contributed by atoms with van der Waals surface area (Å²) in [6.07, 6.45) is 10.2. The van der Waals surface area contributed by atoms with E-state index in [9.17, 15) is 4.79 Å². The van der Waals surface area contributed by atoms with Crippen LogP contribution in [0.5, 0.6) is 0 Å². The molecule has 4 heterocycles. The molecule has 0 aromatic carbocycles. The largest absolute Gasteiger partial charge is 0.381 e. The van der Waals surface area contributed by atoms with Gasteiger partial charge in [-0.1, -0.05) is 0 Å². The SMILES string of the molecule is O=C(c1cnc(NCc2cncnc2)nc1)N1CC2(CCOCC2)C1. The van der Waals surface area contributed by atoms with Crippen LogP contribution in [0.1, 0.15) is 28.8 Å². The predicted octanol–water partition coefficient (Wildman–Crippen LogP) is 1.13. The van der Waals surface area contributed by atoms with Crippen molar-refractivity contribution in [1.29, 1.82) is 0 Å². The predicted molar refractivity (Wildman–Crippen MR) is 89.8 cm³/mol. The van der Waals surface area contributed by atoms with Crippen molar-refractivity contribution in [2.75, 3.05) is 31.6 Å². The lowest BCUT2D eigenvalue weighted by Gasteiger charge is -2.52. The molecular weight excluding hydrogens is 320 g/mol. The summed E-state index contributed by atoms with van der Waals surface area (Å²) in [6, 6.07) is 0. The highest BCUT2D eigenvalue weighted by atomic mass is 16.5. The van der Waals surface area contributed by atoms with Gasteiger partial charge >= 0.3 is 0 Å². The maximum atomic E-state index is 12.5. The van der Waals surface area contributed by atoms with Gasteiger partial charge in [0.2, 0.25) is 5.95 Å². The van der Waals surface area contributed by atoms with Gasteiger partial charge in [-0.2, -0.15) is 0 Å². The minimum atomic E-state index is 0.000117. The maximum Gasteiger partial charge on any atom is 0.257 e. The second-order valence-electron chi connectivity index (χ2n) is 6.67. The van der Waals surface area contributed by atoms with Gasteiger partial charge in [-0.25, -0.2) is 19.9 Å². The lowest BCUT2D eigenvalue weighted by molar-refractivity contribution is -0.0666. The van der Waals surface area contributed by atoms with Crippen molar-refractivity contribution in [1.82, 2.24) is 24.8 Å². The van der Waals surface area contributed by atoms with E-state index in [-0.39, 0.29) is 11.3 Å². The Balaban J connectivity index is 1.32. The Morgan fingerprint density at radius 3 is 2.48 bits per heavy atom. The molecule has 0 atom stereocenters. The van der Waals surface area contributed by atoms with E-state index in [1.807, 2.05) is 4.90 Å². The number of rotatable bonds is 4. The van der Waals surface area contributed by atoms with Gasteiger partial charge in [0.25, 0.3) is 5.91 Å². The molecule has 0 radical (unpaired) electrons. The van der Waals surface area contributed by atoms with E-state index in [2.05, 4.69) is 25.3 Å². The molecule has 2 aliphatic rings. The molecule has 2 fully saturated rings. The van der Waals surface area contributed by atoms with E-state index in [4.69, 9.17) is 4.74 Å². The average molecular weight is 340 g/mol. The van der Waals surface area contributed by atoms with Crippen LogP contribution in [0.15, 0.2) is 31.1 Å². The number of nitrogens with one attached hydrogen (secondary N) is 1. The quantitative estimate of drug-likeness (QED) is 0.892. The number of amides is 1. The molecule has 2 aromatic heterocycles. The number of nitrogens with zero attached hydrogens (tertiary/aromatic N) is 5. The Morgan fingerprint density at radius 2 is 1.80 bits per heavy atom. The summed E-state index contributed by atoms with van der Waals surface area (Å²) in [7, 11) is 0. The first kappa shape index (κ1) is 15.9. The van der Waals surface area contributed by atoms with Crippen molar-refractivity contribution in [3.63, 3.8) is 0 Å². The smallest absolute Gasteiger partial charge is 0.257 e. The van der Waals surface area contributed by atoms with Crippen molar-refractivity contribution >= 4 is 11.9 Å². The molecule has 4 rings (SSSR count). The second kappa shape index (κ2) is 6.72. The standard InChI is InChI=1S/C17H20N6O2/c24-15(23-10-17(11-23)1-3-25-4-2-17)14-8-21-16(22-9-14)20-7-13-5-18-12-19-6-13/h5-6,8-9,12H,1-4,7,10-11H2,(H,20,21,22). The molecule has 0 aliphatic carbocycles. The molecule has 2 aliphatic heterocycles. The topological polar surface area (TPSA) is 93.1 Å². The summed E-state index contributed by atoms with van der Waals surface area (Å²) in [5.41, 5.74) is 1.73. The van der Waals surface area contributed by atoms with Gasteiger partial charge in [0.1, 0.15) is 6.33 Å². The van der Waals surface area contributed by atoms with Gasteiger partial charge < -0.3 is 15.0 Å². The van der Waals surface area contributed by atoms with Crippen LogP contribution >= 0.6 is 0 Å². The summed E-state index contributed by atoms with van der Waals surface area (Å²) in [6.45, 7) is 3.76. The summed E-state index contributed by atoms with van der Waals surface area (Å²) in [5.74, 6) is 0.477. The normalized spacial score (nSPS) is 18.6. The molecule has 130 valence electrons. The van der Waals surface area contributed by atoms with Crippen molar-refractivity contribution in [2.45, 2.75) is 19.4 Å². The zero-order valence-electron chi connectivity index (χ0n) is 13.9. The molecule has 2 saturated heterocycles. The summed E-state index contributed by atoms with van der Waals surface area (Å²) >= 11 is 0. The first-order chi connectivity index (χ1) is 12.2. The molecule has 8 nitrogen and oxygen atoms in total. The fourth-order valence-corrected chi connectivity index (χ4v) is 3.34. The Bertz CT molecular complexity index is 723. The van der Waals surface area contributed by atoms with Crippen LogP contribution in [-0.4, -0.2) is 57.0 Å². The fourth-order valence-electron chi connectivity index (χ4n) is 3.34. The molecule has 25 heavy (non-hydrogen) atoms. The second-order valence-corrected chi connectivity index (χ2v) is 6.67. The number of hydrogen-bond acceptors (Lipinski definition) is 7. The maximum absolute atomic E-state index is 12.5. The Morgan fingerprint density at radius 1 is 1.12 bits per heavy atom. The van der Waals surface area contributed by atoms with Gasteiger partial charge in [0.05, 0.1) is 5.56 Å². The Hall–Kier alpha value is -2.61. The third kappa shape index (κ3) is 3.43. The van der Waals surface area contributed by atoms with Gasteiger partial charge in [-0.05, 0) is 12.8 Å². The van der Waals surface area contributed by atoms with Crippen molar-refractivity contribution in [3.05, 3.63) is 42.2 Å².